The summed E-state index contributed by atoms with van der Waals surface area (Å²) in [6, 6.07) is 10.9. The van der Waals surface area contributed by atoms with Crippen molar-refractivity contribution in [3.05, 3.63) is 65.7 Å². The van der Waals surface area contributed by atoms with Crippen molar-refractivity contribution in [3.8, 4) is 0 Å². The van der Waals surface area contributed by atoms with Gasteiger partial charge in [0.25, 0.3) is 5.91 Å². The van der Waals surface area contributed by atoms with E-state index in [1.54, 1.807) is 18.5 Å². The van der Waals surface area contributed by atoms with Gasteiger partial charge in [-0.15, -0.1) is 0 Å². The largest absolute Gasteiger partial charge is 0.335 e. The van der Waals surface area contributed by atoms with Crippen LogP contribution in [-0.4, -0.2) is 52.4 Å². The fourth-order valence-electron chi connectivity index (χ4n) is 3.54. The van der Waals surface area contributed by atoms with Gasteiger partial charge in [0.1, 0.15) is 5.82 Å². The SMILES string of the molecule is CC1CN(C(=O)c2cccnc2)CC(C)N1CCc1ccc(F)cc1. The van der Waals surface area contributed by atoms with Crippen LogP contribution in [0.25, 0.3) is 0 Å². The molecule has 0 aliphatic carbocycles. The molecule has 1 aromatic carbocycles. The Bertz CT molecular complexity index is 693. The summed E-state index contributed by atoms with van der Waals surface area (Å²) in [6.45, 7) is 6.64. The van der Waals surface area contributed by atoms with Gasteiger partial charge in [0.2, 0.25) is 0 Å². The highest BCUT2D eigenvalue weighted by molar-refractivity contribution is 5.94. The first-order valence-electron chi connectivity index (χ1n) is 8.74. The van der Waals surface area contributed by atoms with Crippen LogP contribution < -0.4 is 0 Å². The fourth-order valence-corrected chi connectivity index (χ4v) is 3.54. The lowest BCUT2D eigenvalue weighted by Gasteiger charge is -2.44. The van der Waals surface area contributed by atoms with E-state index in [-0.39, 0.29) is 23.8 Å². The molecule has 0 N–H and O–H groups in total. The number of halogens is 1. The van der Waals surface area contributed by atoms with Crippen molar-refractivity contribution in [1.29, 1.82) is 0 Å². The van der Waals surface area contributed by atoms with E-state index in [1.807, 2.05) is 23.1 Å². The van der Waals surface area contributed by atoms with Crippen molar-refractivity contribution >= 4 is 5.91 Å². The maximum atomic E-state index is 13.0. The van der Waals surface area contributed by atoms with Gasteiger partial charge in [-0.2, -0.15) is 0 Å². The molecule has 1 saturated heterocycles. The quantitative estimate of drug-likeness (QED) is 0.858. The Balaban J connectivity index is 1.60. The first kappa shape index (κ1) is 17.5. The Hall–Kier alpha value is -2.27. The van der Waals surface area contributed by atoms with E-state index < -0.39 is 0 Å². The Morgan fingerprint density at radius 3 is 2.44 bits per heavy atom. The number of benzene rings is 1. The molecule has 4 nitrogen and oxygen atoms in total. The lowest BCUT2D eigenvalue weighted by molar-refractivity contribution is 0.0311. The van der Waals surface area contributed by atoms with Crippen LogP contribution in [0.1, 0.15) is 29.8 Å². The van der Waals surface area contributed by atoms with Gasteiger partial charge in [0, 0.05) is 44.1 Å². The van der Waals surface area contributed by atoms with E-state index in [2.05, 4.69) is 23.7 Å². The monoisotopic (exact) mass is 341 g/mol. The number of pyridine rings is 1. The zero-order chi connectivity index (χ0) is 17.8. The lowest BCUT2D eigenvalue weighted by atomic mass is 10.0. The first-order chi connectivity index (χ1) is 12.0. The van der Waals surface area contributed by atoms with Gasteiger partial charge in [-0.3, -0.25) is 14.7 Å². The lowest BCUT2D eigenvalue weighted by Crippen LogP contribution is -2.58. The molecule has 3 rings (SSSR count). The number of hydrogen-bond donors (Lipinski definition) is 0. The predicted octanol–water partition coefficient (Wildman–Crippen LogP) is 3.00. The molecule has 25 heavy (non-hydrogen) atoms. The molecule has 2 heterocycles. The number of amides is 1. The predicted molar refractivity (Wildman–Crippen MR) is 95.9 cm³/mol. The zero-order valence-corrected chi connectivity index (χ0v) is 14.7. The normalized spacial score (nSPS) is 21.3. The van der Waals surface area contributed by atoms with Gasteiger partial charge in [0.15, 0.2) is 0 Å². The average molecular weight is 341 g/mol. The highest BCUT2D eigenvalue weighted by Crippen LogP contribution is 2.18. The van der Waals surface area contributed by atoms with Crippen molar-refractivity contribution in [2.75, 3.05) is 19.6 Å². The standard InChI is InChI=1S/C20H24FN3O/c1-15-13-23(20(25)18-4-3-10-22-12-18)14-16(2)24(15)11-9-17-5-7-19(21)8-6-17/h3-8,10,12,15-16H,9,11,13-14H2,1-2H3. The summed E-state index contributed by atoms with van der Waals surface area (Å²) in [4.78, 5) is 21.0. The summed E-state index contributed by atoms with van der Waals surface area (Å²) in [5.41, 5.74) is 1.77. The van der Waals surface area contributed by atoms with Crippen LogP contribution >= 0.6 is 0 Å². The third-order valence-corrected chi connectivity index (χ3v) is 4.87. The van der Waals surface area contributed by atoms with Crippen molar-refractivity contribution in [3.63, 3.8) is 0 Å². The Labute approximate surface area is 148 Å². The summed E-state index contributed by atoms with van der Waals surface area (Å²) >= 11 is 0. The zero-order valence-electron chi connectivity index (χ0n) is 14.7. The molecular weight excluding hydrogens is 317 g/mol. The number of nitrogens with zero attached hydrogens (tertiary/aromatic N) is 3. The summed E-state index contributed by atoms with van der Waals surface area (Å²) in [6.07, 6.45) is 4.18. The van der Waals surface area contributed by atoms with Crippen LogP contribution in [0.2, 0.25) is 0 Å². The number of carbonyl (C=O) groups excluding carboxylic acids is 1. The van der Waals surface area contributed by atoms with E-state index in [0.717, 1.165) is 18.5 Å². The molecule has 5 heteroatoms. The molecule has 1 fully saturated rings. The molecule has 1 amide bonds. The number of aromatic nitrogens is 1. The third-order valence-electron chi connectivity index (χ3n) is 4.87. The number of carbonyl (C=O) groups is 1. The van der Waals surface area contributed by atoms with Crippen LogP contribution in [-0.2, 0) is 6.42 Å². The number of hydrogen-bond acceptors (Lipinski definition) is 3. The molecule has 1 aliphatic rings. The number of rotatable bonds is 4. The van der Waals surface area contributed by atoms with Crippen LogP contribution in [0.5, 0.6) is 0 Å². The topological polar surface area (TPSA) is 36.4 Å². The van der Waals surface area contributed by atoms with E-state index in [9.17, 15) is 9.18 Å². The third kappa shape index (κ3) is 4.23. The highest BCUT2D eigenvalue weighted by Gasteiger charge is 2.31. The first-order valence-corrected chi connectivity index (χ1v) is 8.74. The highest BCUT2D eigenvalue weighted by atomic mass is 19.1. The molecule has 0 spiro atoms. The van der Waals surface area contributed by atoms with Crippen molar-refractivity contribution < 1.29 is 9.18 Å². The van der Waals surface area contributed by atoms with E-state index in [0.29, 0.717) is 18.7 Å². The van der Waals surface area contributed by atoms with Gasteiger partial charge in [-0.1, -0.05) is 12.1 Å². The van der Waals surface area contributed by atoms with E-state index in [1.165, 1.54) is 12.1 Å². The fraction of sp³-hybridized carbons (Fsp3) is 0.400. The molecule has 1 aromatic heterocycles. The van der Waals surface area contributed by atoms with Crippen molar-refractivity contribution in [2.45, 2.75) is 32.4 Å². The van der Waals surface area contributed by atoms with Gasteiger partial charge >= 0.3 is 0 Å². The average Bonchev–Trinajstić information content (AvgIpc) is 2.62. The van der Waals surface area contributed by atoms with Gasteiger partial charge in [-0.05, 0) is 50.1 Å². The number of piperazine rings is 1. The molecule has 0 radical (unpaired) electrons. The summed E-state index contributed by atoms with van der Waals surface area (Å²) < 4.78 is 13.0. The maximum absolute atomic E-state index is 13.0. The van der Waals surface area contributed by atoms with Crippen LogP contribution in [0.15, 0.2) is 48.8 Å². The van der Waals surface area contributed by atoms with E-state index in [4.69, 9.17) is 0 Å². The molecule has 2 unspecified atom stereocenters. The van der Waals surface area contributed by atoms with E-state index >= 15 is 0 Å². The van der Waals surface area contributed by atoms with Crippen LogP contribution in [0, 0.1) is 5.82 Å². The maximum Gasteiger partial charge on any atom is 0.255 e. The van der Waals surface area contributed by atoms with Gasteiger partial charge < -0.3 is 4.90 Å². The molecule has 2 aromatic rings. The Morgan fingerprint density at radius 1 is 1.16 bits per heavy atom. The summed E-state index contributed by atoms with van der Waals surface area (Å²) in [7, 11) is 0. The smallest absolute Gasteiger partial charge is 0.255 e. The van der Waals surface area contributed by atoms with Crippen molar-refractivity contribution in [2.24, 2.45) is 0 Å². The Morgan fingerprint density at radius 2 is 1.84 bits per heavy atom. The molecule has 1 aliphatic heterocycles. The summed E-state index contributed by atoms with van der Waals surface area (Å²) in [5, 5.41) is 0. The molecular formula is C20H24FN3O. The molecule has 2 atom stereocenters. The molecule has 132 valence electrons. The second kappa shape index (κ2) is 7.74. The molecule has 0 saturated carbocycles. The van der Waals surface area contributed by atoms with Gasteiger partial charge in [-0.25, -0.2) is 4.39 Å². The van der Waals surface area contributed by atoms with Crippen LogP contribution in [0.3, 0.4) is 0 Å². The summed E-state index contributed by atoms with van der Waals surface area (Å²) in [5.74, 6) is -0.155. The minimum absolute atomic E-state index is 0.0463. The second-order valence-electron chi connectivity index (χ2n) is 6.76. The van der Waals surface area contributed by atoms with Crippen molar-refractivity contribution in [1.82, 2.24) is 14.8 Å². The Kier molecular flexibility index (Phi) is 5.43. The molecule has 0 bridgehead atoms. The minimum Gasteiger partial charge on any atom is -0.335 e. The second-order valence-corrected chi connectivity index (χ2v) is 6.76. The van der Waals surface area contributed by atoms with Gasteiger partial charge in [0.05, 0.1) is 5.56 Å². The minimum atomic E-state index is -0.201. The van der Waals surface area contributed by atoms with Crippen LogP contribution in [0.4, 0.5) is 4.39 Å².